The zero-order valence-electron chi connectivity index (χ0n) is 8.85. The Morgan fingerprint density at radius 1 is 1.21 bits per heavy atom. The number of hydrogen-bond acceptors (Lipinski definition) is 2. The maximum absolute atomic E-state index is 11.2. The minimum absolute atomic E-state index is 0.194. The Morgan fingerprint density at radius 3 is 1.71 bits per heavy atom. The molecule has 14 heavy (non-hydrogen) atoms. The molecule has 0 saturated heterocycles. The van der Waals surface area contributed by atoms with Gasteiger partial charge >= 0.3 is 0 Å². The van der Waals surface area contributed by atoms with Gasteiger partial charge in [0.2, 0.25) is 0 Å². The fourth-order valence-electron chi connectivity index (χ4n) is 1.53. The molecule has 3 nitrogen and oxygen atoms in total. The molecule has 0 aromatic heterocycles. The molecule has 84 valence electrons. The summed E-state index contributed by atoms with van der Waals surface area (Å²) >= 11 is 11.2. The number of amides is 1. The Labute approximate surface area is 95.2 Å². The van der Waals surface area contributed by atoms with Crippen molar-refractivity contribution in [1.82, 2.24) is 0 Å². The second-order valence-corrected chi connectivity index (χ2v) is 4.99. The van der Waals surface area contributed by atoms with Crippen molar-refractivity contribution in [3.8, 4) is 0 Å². The monoisotopic (exact) mass is 241 g/mol. The van der Waals surface area contributed by atoms with Crippen LogP contribution in [-0.2, 0) is 0 Å². The standard InChI is InChI=1S/C9H17Cl2NO2/c1-9(2,3)12(6-4-10,7-5-11)8(13)14/h4-7H2,1-3H3. The zero-order chi connectivity index (χ0) is 11.4. The fraction of sp³-hybridized carbons (Fsp3) is 0.889. The Hall–Kier alpha value is 0.01000. The summed E-state index contributed by atoms with van der Waals surface area (Å²) in [6.07, 6.45) is -1.11. The van der Waals surface area contributed by atoms with Gasteiger partial charge in [-0.1, -0.05) is 0 Å². The van der Waals surface area contributed by atoms with Gasteiger partial charge in [-0.2, -0.15) is 0 Å². The van der Waals surface area contributed by atoms with Crippen molar-refractivity contribution in [2.75, 3.05) is 24.8 Å². The molecule has 1 amide bonds. The molecule has 0 radical (unpaired) electrons. The topological polar surface area (TPSA) is 40.1 Å². The van der Waals surface area contributed by atoms with Gasteiger partial charge in [0, 0.05) is 0 Å². The van der Waals surface area contributed by atoms with E-state index in [1.807, 2.05) is 20.8 Å². The van der Waals surface area contributed by atoms with E-state index in [2.05, 4.69) is 0 Å². The molecule has 0 unspecified atom stereocenters. The Kier molecular flexibility index (Phi) is 5.20. The highest BCUT2D eigenvalue weighted by molar-refractivity contribution is 6.18. The third kappa shape index (κ3) is 2.75. The largest absolute Gasteiger partial charge is 0.498 e. The van der Waals surface area contributed by atoms with Gasteiger partial charge in [-0.15, -0.1) is 23.2 Å². The maximum Gasteiger partial charge on any atom is 0.257 e. The number of hydrogen-bond donors (Lipinski definition) is 0. The summed E-state index contributed by atoms with van der Waals surface area (Å²) in [5.74, 6) is 0.560. The van der Waals surface area contributed by atoms with Crippen molar-refractivity contribution in [2.45, 2.75) is 26.3 Å². The molecule has 0 N–H and O–H groups in total. The molecule has 0 atom stereocenters. The first-order valence-electron chi connectivity index (χ1n) is 4.52. The molecule has 0 spiro atoms. The van der Waals surface area contributed by atoms with Crippen LogP contribution in [0.2, 0.25) is 0 Å². The summed E-state index contributed by atoms with van der Waals surface area (Å²) in [7, 11) is 0. The molecular weight excluding hydrogens is 225 g/mol. The lowest BCUT2D eigenvalue weighted by atomic mass is 10.0. The highest BCUT2D eigenvalue weighted by Gasteiger charge is 2.41. The third-order valence-corrected chi connectivity index (χ3v) is 2.90. The van der Waals surface area contributed by atoms with Crippen LogP contribution in [-0.4, -0.2) is 41.0 Å². The highest BCUT2D eigenvalue weighted by Crippen LogP contribution is 2.24. The van der Waals surface area contributed by atoms with Crippen LogP contribution in [0.25, 0.3) is 0 Å². The average Bonchev–Trinajstić information content (AvgIpc) is 2.01. The molecule has 0 saturated carbocycles. The molecular formula is C9H17Cl2NO2. The molecule has 0 bridgehead atoms. The summed E-state index contributed by atoms with van der Waals surface area (Å²) in [6, 6.07) is 0. The first kappa shape index (κ1) is 14.0. The number of carboxylic acid groups (broad SMARTS) is 1. The molecule has 0 heterocycles. The number of quaternary nitrogens is 1. The molecule has 0 fully saturated rings. The third-order valence-electron chi connectivity index (χ3n) is 2.57. The van der Waals surface area contributed by atoms with Crippen LogP contribution < -0.4 is 5.11 Å². The van der Waals surface area contributed by atoms with E-state index in [-0.39, 0.29) is 16.2 Å². The van der Waals surface area contributed by atoms with Crippen molar-refractivity contribution in [2.24, 2.45) is 0 Å². The van der Waals surface area contributed by atoms with E-state index < -0.39 is 11.6 Å². The van der Waals surface area contributed by atoms with E-state index in [4.69, 9.17) is 23.2 Å². The maximum atomic E-state index is 11.2. The molecule has 5 heteroatoms. The summed E-state index contributed by atoms with van der Waals surface area (Å²) in [4.78, 5) is 11.2. The second kappa shape index (κ2) is 5.19. The lowest BCUT2D eigenvalue weighted by Crippen LogP contribution is -2.69. The molecule has 0 aliphatic heterocycles. The first-order valence-corrected chi connectivity index (χ1v) is 5.59. The van der Waals surface area contributed by atoms with Gasteiger partial charge in [0.05, 0.1) is 30.4 Å². The summed E-state index contributed by atoms with van der Waals surface area (Å²) in [6.45, 7) is 6.21. The number of halogens is 2. The normalized spacial score (nSPS) is 12.9. The van der Waals surface area contributed by atoms with Gasteiger partial charge in [-0.05, 0) is 20.8 Å². The average molecular weight is 242 g/mol. The van der Waals surface area contributed by atoms with Gasteiger partial charge in [0.1, 0.15) is 0 Å². The highest BCUT2D eigenvalue weighted by atomic mass is 35.5. The Balaban J connectivity index is 5.04. The van der Waals surface area contributed by atoms with Crippen LogP contribution in [0, 0.1) is 0 Å². The SMILES string of the molecule is CC(C)(C)[N+](CCCl)(CCCl)C(=O)[O-]. The predicted octanol–water partition coefficient (Wildman–Crippen LogP) is 1.42. The fourth-order valence-corrected chi connectivity index (χ4v) is 2.10. The number of carbonyl (C=O) groups is 1. The van der Waals surface area contributed by atoms with Crippen LogP contribution in [0.3, 0.4) is 0 Å². The van der Waals surface area contributed by atoms with Crippen LogP contribution in [0.4, 0.5) is 4.79 Å². The minimum atomic E-state index is -1.11. The Bertz CT molecular complexity index is 195. The first-order chi connectivity index (χ1) is 6.31. The van der Waals surface area contributed by atoms with E-state index in [1.165, 1.54) is 0 Å². The van der Waals surface area contributed by atoms with E-state index in [0.29, 0.717) is 13.1 Å². The lowest BCUT2D eigenvalue weighted by molar-refractivity contribution is -0.915. The van der Waals surface area contributed by atoms with Crippen molar-refractivity contribution < 1.29 is 14.4 Å². The van der Waals surface area contributed by atoms with Crippen LogP contribution in [0.1, 0.15) is 20.8 Å². The second-order valence-electron chi connectivity index (χ2n) is 4.23. The molecule has 0 aromatic carbocycles. The number of alkyl halides is 2. The molecule has 0 aromatic rings. The molecule has 0 aliphatic carbocycles. The summed E-state index contributed by atoms with van der Waals surface area (Å²) in [5.41, 5.74) is -0.456. The zero-order valence-corrected chi connectivity index (χ0v) is 10.4. The van der Waals surface area contributed by atoms with Gasteiger partial charge in [-0.25, -0.2) is 0 Å². The lowest BCUT2D eigenvalue weighted by Gasteiger charge is -2.47. The van der Waals surface area contributed by atoms with Crippen LogP contribution in [0.15, 0.2) is 0 Å². The summed E-state index contributed by atoms with van der Waals surface area (Å²) < 4.78 is -0.194. The van der Waals surface area contributed by atoms with Crippen molar-refractivity contribution in [3.63, 3.8) is 0 Å². The number of rotatable bonds is 4. The van der Waals surface area contributed by atoms with Crippen LogP contribution >= 0.6 is 23.2 Å². The number of nitrogens with zero attached hydrogens (tertiary/aromatic N) is 1. The van der Waals surface area contributed by atoms with Gasteiger partial charge in [-0.3, -0.25) is 4.48 Å². The molecule has 0 rings (SSSR count). The summed E-state index contributed by atoms with van der Waals surface area (Å²) in [5, 5.41) is 11.2. The van der Waals surface area contributed by atoms with E-state index in [0.717, 1.165) is 0 Å². The smallest absolute Gasteiger partial charge is 0.257 e. The molecule has 0 aliphatic rings. The van der Waals surface area contributed by atoms with Gasteiger partial charge in [0.25, 0.3) is 6.09 Å². The van der Waals surface area contributed by atoms with Gasteiger partial charge in [0.15, 0.2) is 0 Å². The quantitative estimate of drug-likeness (QED) is 0.552. The van der Waals surface area contributed by atoms with Crippen molar-refractivity contribution in [1.29, 1.82) is 0 Å². The van der Waals surface area contributed by atoms with E-state index in [1.54, 1.807) is 0 Å². The Morgan fingerprint density at radius 2 is 1.57 bits per heavy atom. The van der Waals surface area contributed by atoms with E-state index >= 15 is 0 Å². The van der Waals surface area contributed by atoms with Crippen molar-refractivity contribution in [3.05, 3.63) is 0 Å². The predicted molar refractivity (Wildman–Crippen MR) is 56.6 cm³/mol. The van der Waals surface area contributed by atoms with Gasteiger partial charge < -0.3 is 9.90 Å². The number of carbonyl (C=O) groups excluding carboxylic acids is 1. The van der Waals surface area contributed by atoms with Crippen LogP contribution in [0.5, 0.6) is 0 Å². The van der Waals surface area contributed by atoms with E-state index in [9.17, 15) is 9.90 Å². The minimum Gasteiger partial charge on any atom is -0.498 e. The van der Waals surface area contributed by atoms with Crippen molar-refractivity contribution >= 4 is 29.3 Å².